The zero-order valence-electron chi connectivity index (χ0n) is 9.19. The first-order valence-corrected chi connectivity index (χ1v) is 5.26. The monoisotopic (exact) mass is 240 g/mol. The highest BCUT2D eigenvalue weighted by Gasteiger charge is 2.09. The normalized spacial score (nSPS) is 10.7. The lowest BCUT2D eigenvalue weighted by Gasteiger charge is -2.02. The predicted molar refractivity (Wildman–Crippen MR) is 63.6 cm³/mol. The molecule has 0 unspecified atom stereocenters. The quantitative estimate of drug-likeness (QED) is 0.734. The van der Waals surface area contributed by atoms with E-state index in [0.29, 0.717) is 16.9 Å². The van der Waals surface area contributed by atoms with Gasteiger partial charge in [-0.2, -0.15) is 4.68 Å². The second-order valence-corrected chi connectivity index (χ2v) is 3.70. The molecule has 0 fully saturated rings. The Morgan fingerprint density at radius 3 is 2.94 bits per heavy atom. The molecule has 1 aromatic carbocycles. The highest BCUT2D eigenvalue weighted by atomic mass is 16.4. The van der Waals surface area contributed by atoms with E-state index in [1.807, 2.05) is 0 Å². The maximum Gasteiger partial charge on any atom is 0.335 e. The first-order chi connectivity index (χ1) is 8.75. The molecular formula is C12H8N4O2. The second kappa shape index (κ2) is 3.92. The van der Waals surface area contributed by atoms with E-state index in [4.69, 9.17) is 5.11 Å². The number of aromatic nitrogens is 4. The van der Waals surface area contributed by atoms with E-state index in [1.54, 1.807) is 30.5 Å². The SMILES string of the molecule is O=C(O)c1cccc(-n2nnc3cccnc32)c1. The Balaban J connectivity index is 2.20. The first kappa shape index (κ1) is 10.4. The summed E-state index contributed by atoms with van der Waals surface area (Å²) in [6.07, 6.45) is 1.64. The summed E-state index contributed by atoms with van der Waals surface area (Å²) in [7, 11) is 0. The summed E-state index contributed by atoms with van der Waals surface area (Å²) in [5.41, 5.74) is 2.08. The van der Waals surface area contributed by atoms with Gasteiger partial charge < -0.3 is 5.11 Å². The maximum atomic E-state index is 10.9. The predicted octanol–water partition coefficient (Wildman–Crippen LogP) is 1.51. The lowest BCUT2D eigenvalue weighted by atomic mass is 10.2. The van der Waals surface area contributed by atoms with Crippen molar-refractivity contribution < 1.29 is 9.90 Å². The maximum absolute atomic E-state index is 10.9. The number of benzene rings is 1. The van der Waals surface area contributed by atoms with Crippen LogP contribution >= 0.6 is 0 Å². The van der Waals surface area contributed by atoms with Crippen molar-refractivity contribution in [3.05, 3.63) is 48.2 Å². The summed E-state index contributed by atoms with van der Waals surface area (Å²) in [6, 6.07) is 10.1. The zero-order chi connectivity index (χ0) is 12.5. The fourth-order valence-corrected chi connectivity index (χ4v) is 1.71. The molecule has 88 valence electrons. The van der Waals surface area contributed by atoms with Crippen LogP contribution < -0.4 is 0 Å². The molecular weight excluding hydrogens is 232 g/mol. The van der Waals surface area contributed by atoms with E-state index in [0.717, 1.165) is 0 Å². The molecule has 0 saturated carbocycles. The lowest BCUT2D eigenvalue weighted by molar-refractivity contribution is 0.0697. The Kier molecular flexibility index (Phi) is 2.26. The molecule has 0 radical (unpaired) electrons. The average molecular weight is 240 g/mol. The van der Waals surface area contributed by atoms with Crippen molar-refractivity contribution in [2.24, 2.45) is 0 Å². The van der Waals surface area contributed by atoms with Crippen LogP contribution in [0.1, 0.15) is 10.4 Å². The third-order valence-corrected chi connectivity index (χ3v) is 2.55. The Labute approximate surface area is 102 Å². The van der Waals surface area contributed by atoms with Crippen LogP contribution in [0.5, 0.6) is 0 Å². The van der Waals surface area contributed by atoms with Crippen molar-refractivity contribution in [2.75, 3.05) is 0 Å². The van der Waals surface area contributed by atoms with Crippen molar-refractivity contribution in [3.63, 3.8) is 0 Å². The van der Waals surface area contributed by atoms with Gasteiger partial charge in [0.1, 0.15) is 5.52 Å². The molecule has 0 aliphatic heterocycles. The van der Waals surface area contributed by atoms with Crippen LogP contribution in [0.2, 0.25) is 0 Å². The molecule has 3 rings (SSSR count). The molecule has 0 aliphatic carbocycles. The molecule has 0 aliphatic rings. The summed E-state index contributed by atoms with van der Waals surface area (Å²) < 4.78 is 1.52. The Morgan fingerprint density at radius 2 is 2.11 bits per heavy atom. The number of hydrogen-bond donors (Lipinski definition) is 1. The fraction of sp³-hybridized carbons (Fsp3) is 0. The number of hydrogen-bond acceptors (Lipinski definition) is 4. The number of carboxylic acid groups (broad SMARTS) is 1. The number of fused-ring (bicyclic) bond motifs is 1. The Morgan fingerprint density at radius 1 is 1.22 bits per heavy atom. The standard InChI is InChI=1S/C12H8N4O2/c17-12(18)8-3-1-4-9(7-8)16-11-10(14-15-16)5-2-6-13-11/h1-7H,(H,17,18). The lowest BCUT2D eigenvalue weighted by Crippen LogP contribution is -2.01. The zero-order valence-corrected chi connectivity index (χ0v) is 9.19. The van der Waals surface area contributed by atoms with Crippen LogP contribution in [-0.2, 0) is 0 Å². The topological polar surface area (TPSA) is 80.9 Å². The molecule has 3 aromatic rings. The summed E-state index contributed by atoms with van der Waals surface area (Å²) in [5, 5.41) is 16.9. The van der Waals surface area contributed by atoms with Gasteiger partial charge in [-0.15, -0.1) is 5.10 Å². The van der Waals surface area contributed by atoms with Crippen LogP contribution in [-0.4, -0.2) is 31.1 Å². The number of aromatic carboxylic acids is 1. The number of rotatable bonds is 2. The molecule has 0 atom stereocenters. The van der Waals surface area contributed by atoms with Gasteiger partial charge in [0.05, 0.1) is 11.3 Å². The van der Waals surface area contributed by atoms with E-state index < -0.39 is 5.97 Å². The van der Waals surface area contributed by atoms with Crippen molar-refractivity contribution in [1.82, 2.24) is 20.0 Å². The van der Waals surface area contributed by atoms with Gasteiger partial charge in [-0.1, -0.05) is 11.3 Å². The van der Waals surface area contributed by atoms with E-state index >= 15 is 0 Å². The molecule has 1 N–H and O–H groups in total. The van der Waals surface area contributed by atoms with Gasteiger partial charge in [0.15, 0.2) is 5.65 Å². The minimum absolute atomic E-state index is 0.201. The summed E-state index contributed by atoms with van der Waals surface area (Å²) in [6.45, 7) is 0. The molecule has 2 aromatic heterocycles. The van der Waals surface area contributed by atoms with Crippen LogP contribution in [0.15, 0.2) is 42.6 Å². The van der Waals surface area contributed by atoms with Crippen LogP contribution in [0.3, 0.4) is 0 Å². The Bertz CT molecular complexity index is 736. The largest absolute Gasteiger partial charge is 0.478 e. The molecule has 0 spiro atoms. The highest BCUT2D eigenvalue weighted by Crippen LogP contribution is 2.15. The summed E-state index contributed by atoms with van der Waals surface area (Å²) in [4.78, 5) is 15.1. The molecule has 6 nitrogen and oxygen atoms in total. The van der Waals surface area contributed by atoms with Gasteiger partial charge in [-0.25, -0.2) is 9.78 Å². The Hall–Kier alpha value is -2.76. The van der Waals surface area contributed by atoms with Gasteiger partial charge in [0, 0.05) is 6.20 Å². The number of carbonyl (C=O) groups is 1. The van der Waals surface area contributed by atoms with Gasteiger partial charge in [-0.05, 0) is 30.3 Å². The van der Waals surface area contributed by atoms with Crippen LogP contribution in [0, 0.1) is 0 Å². The van der Waals surface area contributed by atoms with E-state index in [-0.39, 0.29) is 5.56 Å². The number of nitrogens with zero attached hydrogens (tertiary/aromatic N) is 4. The van der Waals surface area contributed by atoms with E-state index in [2.05, 4.69) is 15.3 Å². The molecule has 0 saturated heterocycles. The van der Waals surface area contributed by atoms with Gasteiger partial charge in [-0.3, -0.25) is 0 Å². The van der Waals surface area contributed by atoms with Crippen LogP contribution in [0.25, 0.3) is 16.9 Å². The van der Waals surface area contributed by atoms with Crippen molar-refractivity contribution in [3.8, 4) is 5.69 Å². The number of carboxylic acids is 1. The average Bonchev–Trinajstić information content (AvgIpc) is 2.82. The molecule has 0 amide bonds. The summed E-state index contributed by atoms with van der Waals surface area (Å²) in [5.74, 6) is -0.978. The molecule has 18 heavy (non-hydrogen) atoms. The van der Waals surface area contributed by atoms with Gasteiger partial charge >= 0.3 is 5.97 Å². The number of pyridine rings is 1. The summed E-state index contributed by atoms with van der Waals surface area (Å²) >= 11 is 0. The fourth-order valence-electron chi connectivity index (χ4n) is 1.71. The third-order valence-electron chi connectivity index (χ3n) is 2.55. The van der Waals surface area contributed by atoms with Gasteiger partial charge in [0.25, 0.3) is 0 Å². The third kappa shape index (κ3) is 1.60. The van der Waals surface area contributed by atoms with E-state index in [1.165, 1.54) is 16.8 Å². The van der Waals surface area contributed by atoms with Crippen molar-refractivity contribution >= 4 is 17.1 Å². The minimum atomic E-state index is -0.978. The molecule has 6 heteroatoms. The molecule has 2 heterocycles. The smallest absolute Gasteiger partial charge is 0.335 e. The highest BCUT2D eigenvalue weighted by molar-refractivity contribution is 5.88. The van der Waals surface area contributed by atoms with Crippen LogP contribution in [0.4, 0.5) is 0 Å². The van der Waals surface area contributed by atoms with Gasteiger partial charge in [0.2, 0.25) is 0 Å². The molecule has 0 bridgehead atoms. The van der Waals surface area contributed by atoms with Crippen molar-refractivity contribution in [1.29, 1.82) is 0 Å². The second-order valence-electron chi connectivity index (χ2n) is 3.70. The minimum Gasteiger partial charge on any atom is -0.478 e. The first-order valence-electron chi connectivity index (χ1n) is 5.26. The van der Waals surface area contributed by atoms with Crippen molar-refractivity contribution in [2.45, 2.75) is 0 Å². The van der Waals surface area contributed by atoms with E-state index in [9.17, 15) is 4.79 Å².